The second-order valence-electron chi connectivity index (χ2n) is 10.7. The molecule has 3 atom stereocenters. The summed E-state index contributed by atoms with van der Waals surface area (Å²) in [6.45, 7) is 17.3. The lowest BCUT2D eigenvalue weighted by atomic mass is 9.93. The number of ketones is 1. The van der Waals surface area contributed by atoms with Crippen molar-refractivity contribution in [1.29, 1.82) is 0 Å². The molecule has 0 amide bonds. The Morgan fingerprint density at radius 3 is 1.98 bits per heavy atom. The van der Waals surface area contributed by atoms with Crippen LogP contribution in [-0.4, -0.2) is 28.8 Å². The molecule has 0 spiro atoms. The maximum Gasteiger partial charge on any atom is 0.350 e. The van der Waals surface area contributed by atoms with Crippen LogP contribution >= 0.6 is 30.3 Å². The molecule has 46 heavy (non-hydrogen) atoms. The molecule has 17 heteroatoms. The maximum absolute atomic E-state index is 11.9. The molecule has 0 aliphatic heterocycles. The summed E-state index contributed by atoms with van der Waals surface area (Å²) in [5.74, 6) is 0.726. The van der Waals surface area contributed by atoms with Gasteiger partial charge in [-0.1, -0.05) is 71.5 Å². The Balaban J connectivity index is 0.000000617. The minimum absolute atomic E-state index is 0.176. The predicted molar refractivity (Wildman–Crippen MR) is 175 cm³/mol. The van der Waals surface area contributed by atoms with Crippen molar-refractivity contribution >= 4 is 42.1 Å². The number of aryl methyl sites for hydroxylation is 2. The number of benzene rings is 2. The average Bonchev–Trinajstić information content (AvgIpc) is 3.28. The number of Topliss-reactive ketones (excluding diaryl/α,β-unsaturated/α-hetero) is 1. The molecule has 2 aromatic carbocycles. The van der Waals surface area contributed by atoms with Crippen molar-refractivity contribution < 1.29 is 63.5 Å². The normalized spacial score (nSPS) is 15.5. The highest BCUT2D eigenvalue weighted by Crippen LogP contribution is 2.86. The van der Waals surface area contributed by atoms with Crippen LogP contribution in [0.15, 0.2) is 48.6 Å². The Labute approximate surface area is 273 Å². The third-order valence-corrected chi connectivity index (χ3v) is 18.8. The smallest absolute Gasteiger partial charge is 0.350 e. The van der Waals surface area contributed by atoms with E-state index in [0.717, 1.165) is 12.0 Å². The molecule has 0 aromatic heterocycles. The van der Waals surface area contributed by atoms with Crippen molar-refractivity contribution in [3.63, 3.8) is 0 Å². The second-order valence-corrected chi connectivity index (χ2v) is 22.7. The number of aliphatic carboxylic acids is 1. The second kappa shape index (κ2) is 22.5. The van der Waals surface area contributed by atoms with Crippen molar-refractivity contribution in [2.45, 2.75) is 73.6 Å². The van der Waals surface area contributed by atoms with Crippen LogP contribution < -0.4 is 0 Å². The minimum Gasteiger partial charge on any atom is -0.478 e. The van der Waals surface area contributed by atoms with Crippen LogP contribution in [0.2, 0.25) is 0 Å². The molecule has 1 aliphatic rings. The first kappa shape index (κ1) is 43.9. The first-order valence-electron chi connectivity index (χ1n) is 13.8. The minimum atomic E-state index is -3.77. The van der Waals surface area contributed by atoms with E-state index in [-0.39, 0.29) is 11.5 Å². The first-order valence-corrected chi connectivity index (χ1v) is 20.9. The number of hydrogen-bond donors (Lipinski definition) is 2. The van der Waals surface area contributed by atoms with E-state index in [0.29, 0.717) is 17.6 Å². The van der Waals surface area contributed by atoms with Crippen LogP contribution in [0.3, 0.4) is 0 Å². The Hall–Kier alpha value is -2.10. The van der Waals surface area contributed by atoms with Crippen molar-refractivity contribution in [2.75, 3.05) is 6.66 Å². The number of carbonyl (C=O) groups excluding carboxylic acids is 1. The molecular weight excluding hydrogens is 680 g/mol. The van der Waals surface area contributed by atoms with Crippen LogP contribution in [0, 0.1) is 19.8 Å². The van der Waals surface area contributed by atoms with Crippen LogP contribution in [0.25, 0.3) is 0 Å². The van der Waals surface area contributed by atoms with Gasteiger partial charge in [-0.3, -0.25) is 18.5 Å². The lowest BCUT2D eigenvalue weighted by Crippen LogP contribution is -2.03. The van der Waals surface area contributed by atoms with Gasteiger partial charge in [-0.2, -0.15) is 0 Å². The summed E-state index contributed by atoms with van der Waals surface area (Å²) in [7, 11) is -3.09. The summed E-state index contributed by atoms with van der Waals surface area (Å²) in [6, 6.07) is 12.9. The van der Waals surface area contributed by atoms with E-state index in [9.17, 15) is 23.3 Å². The molecule has 256 valence electrons. The molecule has 0 saturated heterocycles. The summed E-state index contributed by atoms with van der Waals surface area (Å²) in [4.78, 5) is 21.5. The third kappa shape index (κ3) is 15.2. The Kier molecular flexibility index (Phi) is 21.4. The molecule has 0 bridgehead atoms. The van der Waals surface area contributed by atoms with Crippen LogP contribution in [-0.2, 0) is 54.8 Å². The lowest BCUT2D eigenvalue weighted by Gasteiger charge is -2.11. The molecule has 2 aromatic rings. The maximum atomic E-state index is 11.9. The van der Waals surface area contributed by atoms with Crippen LogP contribution in [0.4, 0.5) is 0 Å². The average molecular weight is 723 g/mol. The van der Waals surface area contributed by atoms with Crippen molar-refractivity contribution in [3.05, 3.63) is 81.9 Å². The van der Waals surface area contributed by atoms with Gasteiger partial charge >= 0.3 is 12.7 Å². The zero-order chi connectivity index (χ0) is 35.6. The van der Waals surface area contributed by atoms with E-state index in [2.05, 4.69) is 114 Å². The highest BCUT2D eigenvalue weighted by atomic mass is 32.7. The number of hydrogen-bond acceptors (Lipinski definition) is 12. The Bertz CT molecular complexity index is 1350. The van der Waals surface area contributed by atoms with Crippen LogP contribution in [0.1, 0.15) is 91.6 Å². The molecule has 0 saturated carbocycles. The molecule has 3 rings (SSSR count). The van der Waals surface area contributed by atoms with E-state index in [1.54, 1.807) is 0 Å². The van der Waals surface area contributed by atoms with Gasteiger partial charge in [0.1, 0.15) is 0 Å². The highest BCUT2D eigenvalue weighted by Gasteiger charge is 2.35. The van der Waals surface area contributed by atoms with Crippen molar-refractivity contribution in [2.24, 2.45) is 5.92 Å². The molecule has 0 heterocycles. The van der Waals surface area contributed by atoms with E-state index >= 15 is 0 Å². The standard InChI is InChI=1S/C14H18O.C10H14.C4H6O2.CH4O10P4/c1-8(2)12-7-13-11(5-9(12)3)6-10(4)14(13)15;1-8(2)10-7-5-4-6-9(10)3;1-3(2)4(5)6;1-14(12-3)15(5,13-4)11-10-9-8-7-6-2/h5,7-8,10H,6H2,1-4H3;4-8H,1-3H3;1H2,2H3,(H,5,6);2H,1H3. The summed E-state index contributed by atoms with van der Waals surface area (Å²) in [5, 5.41) is 32.2. The van der Waals surface area contributed by atoms with E-state index in [4.69, 9.17) is 10.4 Å². The Morgan fingerprint density at radius 1 is 1.00 bits per heavy atom. The van der Waals surface area contributed by atoms with Gasteiger partial charge in [-0.25, -0.2) is 10.1 Å². The van der Waals surface area contributed by atoms with Gasteiger partial charge in [-0.15, -0.1) is 4.67 Å². The van der Waals surface area contributed by atoms with Gasteiger partial charge in [0, 0.05) is 17.1 Å². The largest absolute Gasteiger partial charge is 0.478 e. The number of rotatable bonds is 12. The molecular formula is C29H42O13P4. The van der Waals surface area contributed by atoms with E-state index in [1.807, 2.05) is 6.92 Å². The molecule has 0 radical (unpaired) electrons. The number of carboxylic acid groups (broad SMARTS) is 1. The fourth-order valence-corrected chi connectivity index (χ4v) is 9.34. The summed E-state index contributed by atoms with van der Waals surface area (Å²) < 4.78 is 36.3. The van der Waals surface area contributed by atoms with Gasteiger partial charge in [0.25, 0.3) is 8.15 Å². The molecule has 1 aliphatic carbocycles. The molecule has 3 unspecified atom stereocenters. The van der Waals surface area contributed by atoms with Gasteiger partial charge in [0.2, 0.25) is 0 Å². The quantitative estimate of drug-likeness (QED) is 0.0695. The predicted octanol–water partition coefficient (Wildman–Crippen LogP) is 10.1. The summed E-state index contributed by atoms with van der Waals surface area (Å²) in [6.07, 6.45) is 0.924. The molecule has 2 N–H and O–H groups in total. The van der Waals surface area contributed by atoms with Gasteiger partial charge < -0.3 is 5.11 Å². The number of carbonyl (C=O) groups is 2. The lowest BCUT2D eigenvalue weighted by molar-refractivity contribution is -0.779. The Morgan fingerprint density at radius 2 is 1.54 bits per heavy atom. The van der Waals surface area contributed by atoms with Crippen LogP contribution in [0.5, 0.6) is 0 Å². The molecule has 13 nitrogen and oxygen atoms in total. The zero-order valence-corrected chi connectivity index (χ0v) is 30.9. The number of carboxylic acids is 1. The van der Waals surface area contributed by atoms with Gasteiger partial charge in [-0.05, 0) is 105 Å². The molecule has 0 fully saturated rings. The topological polar surface area (TPSA) is 181 Å². The van der Waals surface area contributed by atoms with Crippen molar-refractivity contribution in [3.8, 4) is 0 Å². The highest BCUT2D eigenvalue weighted by molar-refractivity contribution is 8.69. The summed E-state index contributed by atoms with van der Waals surface area (Å²) >= 11 is 0. The monoisotopic (exact) mass is 722 g/mol. The SMILES string of the molecule is C=C(C)C(=O)O.CP(P=O)P(=O)(OOOOOOO)P=O.Cc1cc2c(cc1C(C)C)C(=O)C(C)C2.Cc1ccccc1C(C)C. The summed E-state index contributed by atoms with van der Waals surface area (Å²) in [5.41, 5.74) is 7.89. The first-order chi connectivity index (χ1) is 21.5. The van der Waals surface area contributed by atoms with E-state index in [1.165, 1.54) is 41.4 Å². The van der Waals surface area contributed by atoms with E-state index < -0.39 is 36.3 Å². The fourth-order valence-electron chi connectivity index (χ4n) is 3.98. The zero-order valence-electron chi connectivity index (χ0n) is 27.3. The third-order valence-electron chi connectivity index (χ3n) is 6.36. The fraction of sp³-hybridized carbons (Fsp3) is 0.448. The number of fused-ring (bicyclic) bond motifs is 1. The van der Waals surface area contributed by atoms with Crippen molar-refractivity contribution in [1.82, 2.24) is 0 Å². The van der Waals surface area contributed by atoms with Gasteiger partial charge in [0.15, 0.2) is 13.9 Å². The van der Waals surface area contributed by atoms with Gasteiger partial charge in [0.05, 0.1) is 7.30 Å².